The van der Waals surface area contributed by atoms with Gasteiger partial charge in [-0.25, -0.2) is 4.98 Å². The molecule has 1 fully saturated rings. The molecule has 1 saturated carbocycles. The van der Waals surface area contributed by atoms with Crippen molar-refractivity contribution >= 4 is 35.0 Å². The van der Waals surface area contributed by atoms with Gasteiger partial charge in [0.25, 0.3) is 5.91 Å². The molecule has 0 unspecified atom stereocenters. The van der Waals surface area contributed by atoms with Crippen LogP contribution in [0.5, 0.6) is 5.75 Å². The largest absolute Gasteiger partial charge is 0.495 e. The number of carbonyl (C=O) groups excluding carboxylic acids is 2. The summed E-state index contributed by atoms with van der Waals surface area (Å²) < 4.78 is 5.53. The Morgan fingerprint density at radius 2 is 2.03 bits per heavy atom. The van der Waals surface area contributed by atoms with E-state index in [2.05, 4.69) is 25.8 Å². The van der Waals surface area contributed by atoms with Gasteiger partial charge >= 0.3 is 0 Å². The van der Waals surface area contributed by atoms with Crippen molar-refractivity contribution in [2.45, 2.75) is 38.1 Å². The quantitative estimate of drug-likeness (QED) is 0.507. The highest BCUT2D eigenvalue weighted by Crippen LogP contribution is 2.36. The van der Waals surface area contributed by atoms with Crippen LogP contribution in [0.3, 0.4) is 0 Å². The number of benzene rings is 1. The van der Waals surface area contributed by atoms with Gasteiger partial charge in [0.2, 0.25) is 11.9 Å². The van der Waals surface area contributed by atoms with Crippen molar-refractivity contribution in [1.82, 2.24) is 20.6 Å². The third kappa shape index (κ3) is 5.06. The molecule has 1 aliphatic heterocycles. The monoisotopic (exact) mass is 467 g/mol. The summed E-state index contributed by atoms with van der Waals surface area (Å²) in [5.74, 6) is 1.60. The second-order valence-electron chi connectivity index (χ2n) is 8.64. The Bertz CT molecular complexity index is 1040. The molecule has 2 aromatic rings. The van der Waals surface area contributed by atoms with Crippen molar-refractivity contribution in [3.63, 3.8) is 0 Å². The minimum absolute atomic E-state index is 0.0660. The predicted octanol–water partition coefficient (Wildman–Crippen LogP) is 2.29. The molecule has 1 aromatic heterocycles. The van der Waals surface area contributed by atoms with Gasteiger partial charge in [0.1, 0.15) is 11.4 Å². The second-order valence-corrected chi connectivity index (χ2v) is 8.64. The SMILES string of the molecule is CNCCNC(=O)c1ccc(Nc2ncc3c(n2)N(C2CCCC2)CCC(=O)N3C)c(OC)c1. The minimum atomic E-state index is -0.165. The molecule has 4 rings (SSSR count). The number of carbonyl (C=O) groups is 2. The van der Waals surface area contributed by atoms with E-state index in [1.165, 1.54) is 12.8 Å². The Balaban J connectivity index is 1.59. The van der Waals surface area contributed by atoms with Crippen LogP contribution in [-0.4, -0.2) is 68.7 Å². The number of anilines is 4. The molecular formula is C24H33N7O3. The summed E-state index contributed by atoms with van der Waals surface area (Å²) in [6, 6.07) is 5.60. The molecule has 2 heterocycles. The first-order chi connectivity index (χ1) is 16.5. The average molecular weight is 468 g/mol. The maximum atomic E-state index is 12.5. The Hall–Kier alpha value is -3.40. The lowest BCUT2D eigenvalue weighted by molar-refractivity contribution is -0.118. The summed E-state index contributed by atoms with van der Waals surface area (Å²) in [6.07, 6.45) is 6.76. The molecule has 0 spiro atoms. The fourth-order valence-corrected chi connectivity index (χ4v) is 4.53. The number of hydrogen-bond donors (Lipinski definition) is 3. The molecule has 0 radical (unpaired) electrons. The van der Waals surface area contributed by atoms with Gasteiger partial charge in [0.15, 0.2) is 5.82 Å². The van der Waals surface area contributed by atoms with Gasteiger partial charge in [-0.2, -0.15) is 4.98 Å². The van der Waals surface area contributed by atoms with Gasteiger partial charge in [0.05, 0.1) is 19.0 Å². The summed E-state index contributed by atoms with van der Waals surface area (Å²) in [6.45, 7) is 1.88. The van der Waals surface area contributed by atoms with Crippen LogP contribution in [0, 0.1) is 0 Å². The van der Waals surface area contributed by atoms with Crippen LogP contribution in [0.25, 0.3) is 0 Å². The molecule has 1 aromatic carbocycles. The van der Waals surface area contributed by atoms with E-state index in [0.717, 1.165) is 24.3 Å². The van der Waals surface area contributed by atoms with E-state index in [-0.39, 0.29) is 11.8 Å². The number of fused-ring (bicyclic) bond motifs is 1. The van der Waals surface area contributed by atoms with E-state index >= 15 is 0 Å². The van der Waals surface area contributed by atoms with E-state index in [1.807, 2.05) is 7.05 Å². The lowest BCUT2D eigenvalue weighted by atomic mass is 10.1. The Morgan fingerprint density at radius 1 is 1.24 bits per heavy atom. The van der Waals surface area contributed by atoms with Gasteiger partial charge in [-0.15, -0.1) is 0 Å². The fraction of sp³-hybridized carbons (Fsp3) is 0.500. The Labute approximate surface area is 200 Å². The summed E-state index contributed by atoms with van der Waals surface area (Å²) in [4.78, 5) is 38.2. The molecule has 34 heavy (non-hydrogen) atoms. The van der Waals surface area contributed by atoms with Gasteiger partial charge in [0, 0.05) is 44.7 Å². The summed E-state index contributed by atoms with van der Waals surface area (Å²) in [5, 5.41) is 9.09. The van der Waals surface area contributed by atoms with Crippen molar-refractivity contribution in [2.75, 3.05) is 56.0 Å². The van der Waals surface area contributed by atoms with E-state index in [9.17, 15) is 9.59 Å². The molecule has 0 saturated heterocycles. The van der Waals surface area contributed by atoms with Crippen molar-refractivity contribution in [1.29, 1.82) is 0 Å². The smallest absolute Gasteiger partial charge is 0.251 e. The van der Waals surface area contributed by atoms with Crippen LogP contribution >= 0.6 is 0 Å². The molecule has 0 bridgehead atoms. The van der Waals surface area contributed by atoms with Crippen LogP contribution < -0.4 is 30.5 Å². The summed E-state index contributed by atoms with van der Waals surface area (Å²) >= 11 is 0. The van der Waals surface area contributed by atoms with Gasteiger partial charge < -0.3 is 30.5 Å². The highest BCUT2D eigenvalue weighted by Gasteiger charge is 2.31. The molecular weight excluding hydrogens is 434 g/mol. The maximum absolute atomic E-state index is 12.5. The lowest BCUT2D eigenvalue weighted by Crippen LogP contribution is -2.34. The van der Waals surface area contributed by atoms with E-state index in [1.54, 1.807) is 43.5 Å². The second kappa shape index (κ2) is 10.7. The van der Waals surface area contributed by atoms with Gasteiger partial charge in [-0.05, 0) is 38.1 Å². The van der Waals surface area contributed by atoms with E-state index in [4.69, 9.17) is 9.72 Å². The van der Waals surface area contributed by atoms with Crippen molar-refractivity contribution in [2.24, 2.45) is 0 Å². The standard InChI is InChI=1S/C24H33N7O3/c1-25-11-12-26-23(33)16-8-9-18(20(14-16)34-3)28-24-27-15-19-22(29-24)31(17-6-4-5-7-17)13-10-21(32)30(19)2/h8-9,14-15,17,25H,4-7,10-13H2,1-3H3,(H,26,33)(H,27,28,29). The Kier molecular flexibility index (Phi) is 7.46. The normalized spacial score (nSPS) is 16.3. The van der Waals surface area contributed by atoms with Crippen molar-refractivity contribution in [3.05, 3.63) is 30.0 Å². The summed E-state index contributed by atoms with van der Waals surface area (Å²) in [7, 11) is 5.17. The molecule has 2 aliphatic rings. The van der Waals surface area contributed by atoms with Crippen molar-refractivity contribution in [3.8, 4) is 5.75 Å². The first kappa shape index (κ1) is 23.7. The molecule has 182 valence electrons. The van der Waals surface area contributed by atoms with Gasteiger partial charge in [-0.3, -0.25) is 9.59 Å². The molecule has 2 amide bonds. The van der Waals surface area contributed by atoms with Gasteiger partial charge in [-0.1, -0.05) is 12.8 Å². The van der Waals surface area contributed by atoms with Crippen LogP contribution in [-0.2, 0) is 4.79 Å². The first-order valence-corrected chi connectivity index (χ1v) is 11.8. The zero-order valence-electron chi connectivity index (χ0n) is 20.1. The van der Waals surface area contributed by atoms with E-state index < -0.39 is 0 Å². The first-order valence-electron chi connectivity index (χ1n) is 11.8. The number of nitrogens with zero attached hydrogens (tertiary/aromatic N) is 4. The predicted molar refractivity (Wildman–Crippen MR) is 132 cm³/mol. The molecule has 10 heteroatoms. The molecule has 0 atom stereocenters. The minimum Gasteiger partial charge on any atom is -0.495 e. The third-order valence-electron chi connectivity index (χ3n) is 6.46. The van der Waals surface area contributed by atoms with Crippen LogP contribution in [0.15, 0.2) is 24.4 Å². The maximum Gasteiger partial charge on any atom is 0.251 e. The van der Waals surface area contributed by atoms with E-state index in [0.29, 0.717) is 55.0 Å². The number of likely N-dealkylation sites (N-methyl/N-ethyl adjacent to an activating group) is 1. The highest BCUT2D eigenvalue weighted by atomic mass is 16.5. The number of amides is 2. The number of aromatic nitrogens is 2. The van der Waals surface area contributed by atoms with Crippen molar-refractivity contribution < 1.29 is 14.3 Å². The van der Waals surface area contributed by atoms with Crippen LogP contribution in [0.4, 0.5) is 23.1 Å². The fourth-order valence-electron chi connectivity index (χ4n) is 4.53. The zero-order chi connectivity index (χ0) is 24.1. The molecule has 10 nitrogen and oxygen atoms in total. The molecule has 1 aliphatic carbocycles. The highest BCUT2D eigenvalue weighted by molar-refractivity contribution is 5.97. The number of ether oxygens (including phenoxy) is 1. The van der Waals surface area contributed by atoms with Crippen LogP contribution in [0.2, 0.25) is 0 Å². The number of nitrogens with one attached hydrogen (secondary N) is 3. The lowest BCUT2D eigenvalue weighted by Gasteiger charge is -2.30. The zero-order valence-corrected chi connectivity index (χ0v) is 20.1. The number of rotatable bonds is 8. The topological polar surface area (TPSA) is 112 Å². The number of hydrogen-bond acceptors (Lipinski definition) is 8. The number of methoxy groups -OCH3 is 1. The summed E-state index contributed by atoms with van der Waals surface area (Å²) in [5.41, 5.74) is 1.88. The third-order valence-corrected chi connectivity index (χ3v) is 6.46. The molecule has 3 N–H and O–H groups in total. The Morgan fingerprint density at radius 3 is 2.76 bits per heavy atom. The van der Waals surface area contributed by atoms with Crippen LogP contribution in [0.1, 0.15) is 42.5 Å². The average Bonchev–Trinajstić information content (AvgIpc) is 3.35.